The molecule has 4 heterocycles. The highest BCUT2D eigenvalue weighted by molar-refractivity contribution is 5.91. The zero-order valence-electron chi connectivity index (χ0n) is 27.0. The van der Waals surface area contributed by atoms with Crippen molar-refractivity contribution in [2.24, 2.45) is 0 Å². The zero-order valence-corrected chi connectivity index (χ0v) is 27.0. The van der Waals surface area contributed by atoms with Crippen molar-refractivity contribution in [3.8, 4) is 11.4 Å². The lowest BCUT2D eigenvalue weighted by Crippen LogP contribution is -2.44. The Kier molecular flexibility index (Phi) is 7.58. The van der Waals surface area contributed by atoms with Gasteiger partial charge in [0.2, 0.25) is 0 Å². The summed E-state index contributed by atoms with van der Waals surface area (Å²) < 4.78 is 23.4. The normalized spacial score (nSPS) is 17.4. The van der Waals surface area contributed by atoms with Gasteiger partial charge in [0.25, 0.3) is 5.56 Å². The maximum absolute atomic E-state index is 16.3. The predicted octanol–water partition coefficient (Wildman–Crippen LogP) is 4.87. The number of nitrogens with one attached hydrogen (secondary N) is 1. The van der Waals surface area contributed by atoms with E-state index in [9.17, 15) is 14.7 Å². The summed E-state index contributed by atoms with van der Waals surface area (Å²) in [6.07, 6.45) is 0.0641. The Labute approximate surface area is 262 Å². The first-order valence-corrected chi connectivity index (χ1v) is 15.4. The van der Waals surface area contributed by atoms with Crippen LogP contribution in [0.1, 0.15) is 55.0 Å². The largest absolute Gasteiger partial charge is 0.458 e. The highest BCUT2D eigenvalue weighted by Gasteiger charge is 2.45. The third kappa shape index (κ3) is 5.20. The molecule has 0 amide bonds. The van der Waals surface area contributed by atoms with Crippen LogP contribution < -0.4 is 15.4 Å². The van der Waals surface area contributed by atoms with E-state index in [0.29, 0.717) is 41.7 Å². The number of aliphatic hydroxyl groups is 1. The first kappa shape index (κ1) is 30.9. The second kappa shape index (κ2) is 11.0. The number of ether oxygens (including phenoxy) is 1. The third-order valence-electron chi connectivity index (χ3n) is 8.91. The van der Waals surface area contributed by atoms with Crippen molar-refractivity contribution in [3.05, 3.63) is 86.5 Å². The molecule has 2 aromatic carbocycles. The molecule has 2 aliphatic heterocycles. The van der Waals surface area contributed by atoms with Gasteiger partial charge in [-0.15, -0.1) is 0 Å². The molecular weight excluding hydrogens is 573 g/mol. The minimum Gasteiger partial charge on any atom is -0.458 e. The second-order valence-electron chi connectivity index (χ2n) is 13.4. The number of carbonyl (C=O) groups is 1. The van der Waals surface area contributed by atoms with Crippen molar-refractivity contribution in [2.45, 2.75) is 65.1 Å². The number of anilines is 1. The van der Waals surface area contributed by atoms with Crippen molar-refractivity contribution in [3.63, 3.8) is 0 Å². The number of hydrogen-bond acceptors (Lipinski definition) is 7. The molecule has 6 rings (SSSR count). The summed E-state index contributed by atoms with van der Waals surface area (Å²) in [5.41, 5.74) is 4.23. The highest BCUT2D eigenvalue weighted by Crippen LogP contribution is 2.41. The molecule has 0 saturated carbocycles. The number of nitrogens with zero attached hydrogens (tertiary/aromatic N) is 4. The molecule has 236 valence electrons. The van der Waals surface area contributed by atoms with Crippen LogP contribution in [-0.4, -0.2) is 59.8 Å². The summed E-state index contributed by atoms with van der Waals surface area (Å²) in [4.78, 5) is 33.1. The molecular formula is C35H41FN5O4+. The fraction of sp³-hybridized carbons (Fsp3) is 0.400. The van der Waals surface area contributed by atoms with Gasteiger partial charge in [0, 0.05) is 52.0 Å². The lowest BCUT2D eigenvalue weighted by Gasteiger charge is -2.33. The van der Waals surface area contributed by atoms with Crippen LogP contribution in [0, 0.1) is 5.82 Å². The van der Waals surface area contributed by atoms with Gasteiger partial charge in [-0.05, 0) is 58.6 Å². The summed E-state index contributed by atoms with van der Waals surface area (Å²) in [5, 5.41) is 15.4. The van der Waals surface area contributed by atoms with Gasteiger partial charge in [0.05, 0.1) is 43.1 Å². The second-order valence-corrected chi connectivity index (χ2v) is 13.4. The Morgan fingerprint density at radius 2 is 1.87 bits per heavy atom. The zero-order chi connectivity index (χ0) is 32.4. The summed E-state index contributed by atoms with van der Waals surface area (Å²) in [5.74, 6) is -1.11. The Balaban J connectivity index is 1.47. The molecule has 9 nitrogen and oxygen atoms in total. The minimum atomic E-state index is -1.91. The third-order valence-corrected chi connectivity index (χ3v) is 8.91. The van der Waals surface area contributed by atoms with Gasteiger partial charge in [-0.1, -0.05) is 19.1 Å². The summed E-state index contributed by atoms with van der Waals surface area (Å²) in [6, 6.07) is 13.8. The maximum atomic E-state index is 16.3. The number of esters is 1. The van der Waals surface area contributed by atoms with E-state index in [-0.39, 0.29) is 46.6 Å². The number of aromatic nitrogens is 2. The molecule has 0 spiro atoms. The number of cyclic esters (lactones) is 1. The fourth-order valence-corrected chi connectivity index (χ4v) is 6.85. The molecule has 2 aromatic heterocycles. The van der Waals surface area contributed by atoms with Gasteiger partial charge in [0.1, 0.15) is 13.2 Å². The SMILES string of the molecule is CC[C@@]1(O)C(=O)OCc2c1cc1n(c2=O)Cc2cc3c(CN(C)C)c([N+](C)(C)Cc4ccc(NC(C)C)cc4)c(F)cc3nc2-1. The van der Waals surface area contributed by atoms with E-state index in [1.54, 1.807) is 17.6 Å². The Hall–Kier alpha value is -4.12. The van der Waals surface area contributed by atoms with Crippen LogP contribution in [0.4, 0.5) is 15.8 Å². The lowest BCUT2D eigenvalue weighted by molar-refractivity contribution is -0.172. The predicted molar refractivity (Wildman–Crippen MR) is 174 cm³/mol. The quantitative estimate of drug-likeness (QED) is 0.190. The van der Waals surface area contributed by atoms with Crippen molar-refractivity contribution >= 4 is 28.2 Å². The van der Waals surface area contributed by atoms with Gasteiger partial charge >= 0.3 is 5.97 Å². The van der Waals surface area contributed by atoms with Crippen LogP contribution >= 0.6 is 0 Å². The number of pyridine rings is 2. The van der Waals surface area contributed by atoms with Crippen LogP contribution in [0.25, 0.3) is 22.3 Å². The Morgan fingerprint density at radius 1 is 1.16 bits per heavy atom. The van der Waals surface area contributed by atoms with Crippen LogP contribution in [0.5, 0.6) is 0 Å². The smallest absolute Gasteiger partial charge is 0.343 e. The van der Waals surface area contributed by atoms with Crippen molar-refractivity contribution < 1.29 is 19.0 Å². The highest BCUT2D eigenvalue weighted by atomic mass is 19.1. The number of rotatable bonds is 8. The van der Waals surface area contributed by atoms with E-state index in [4.69, 9.17) is 9.72 Å². The number of carbonyl (C=O) groups excluding carboxylic acids is 1. The molecule has 0 bridgehead atoms. The summed E-state index contributed by atoms with van der Waals surface area (Å²) in [6.45, 7) is 7.03. The first-order chi connectivity index (χ1) is 21.2. The molecule has 4 aromatic rings. The fourth-order valence-electron chi connectivity index (χ4n) is 6.85. The molecule has 2 aliphatic rings. The molecule has 0 radical (unpaired) electrons. The number of fused-ring (bicyclic) bond motifs is 5. The van der Waals surface area contributed by atoms with Crippen LogP contribution in [-0.2, 0) is 41.4 Å². The Bertz CT molecular complexity index is 1900. The molecule has 10 heteroatoms. The van der Waals surface area contributed by atoms with E-state index >= 15 is 4.39 Å². The summed E-state index contributed by atoms with van der Waals surface area (Å²) in [7, 11) is 7.95. The minimum absolute atomic E-state index is 0.0641. The van der Waals surface area contributed by atoms with Gasteiger partial charge in [-0.25, -0.2) is 14.2 Å². The molecule has 1 atom stereocenters. The number of quaternary nitrogens is 1. The molecule has 0 unspecified atom stereocenters. The first-order valence-electron chi connectivity index (χ1n) is 15.4. The van der Waals surface area contributed by atoms with E-state index in [0.717, 1.165) is 27.8 Å². The molecule has 0 fully saturated rings. The standard InChI is InChI=1S/C35H41FN5O4/c1-8-35(44)27-14-30-31-22(16-40(30)33(42)26(27)19-45-34(35)43)13-24-25(17-39(4)5)32(28(36)15-29(24)38-31)41(6,7)18-21-9-11-23(12-10-21)37-20(2)3/h9-15,20,37,44H,8,16-19H2,1-7H3/q+1/t35-/m0/s1. The van der Waals surface area contributed by atoms with Crippen LogP contribution in [0.2, 0.25) is 0 Å². The van der Waals surface area contributed by atoms with Gasteiger partial charge in [0.15, 0.2) is 17.1 Å². The average molecular weight is 615 g/mol. The monoisotopic (exact) mass is 614 g/mol. The van der Waals surface area contributed by atoms with Crippen molar-refractivity contribution in [2.75, 3.05) is 33.5 Å². The van der Waals surface area contributed by atoms with Gasteiger partial charge < -0.3 is 24.6 Å². The lowest BCUT2D eigenvalue weighted by atomic mass is 9.86. The van der Waals surface area contributed by atoms with Crippen molar-refractivity contribution in [1.29, 1.82) is 0 Å². The number of halogens is 1. The maximum Gasteiger partial charge on any atom is 0.343 e. The topological polar surface area (TPSA) is 96.7 Å². The van der Waals surface area contributed by atoms with Crippen LogP contribution in [0.15, 0.2) is 47.3 Å². The molecule has 45 heavy (non-hydrogen) atoms. The van der Waals surface area contributed by atoms with Crippen LogP contribution in [0.3, 0.4) is 0 Å². The van der Waals surface area contributed by atoms with E-state index in [2.05, 4.69) is 43.4 Å². The molecule has 2 N–H and O–H groups in total. The number of hydrogen-bond donors (Lipinski definition) is 2. The molecule has 0 saturated heterocycles. The van der Waals surface area contributed by atoms with Gasteiger partial charge in [-0.2, -0.15) is 0 Å². The van der Waals surface area contributed by atoms with E-state index < -0.39 is 11.6 Å². The van der Waals surface area contributed by atoms with Crippen molar-refractivity contribution in [1.82, 2.24) is 18.9 Å². The average Bonchev–Trinajstić information content (AvgIpc) is 3.32. The van der Waals surface area contributed by atoms with E-state index in [1.807, 2.05) is 39.2 Å². The van der Waals surface area contributed by atoms with Gasteiger partial charge in [-0.3, -0.25) is 9.28 Å². The van der Waals surface area contributed by atoms with E-state index in [1.165, 1.54) is 6.07 Å². The number of benzene rings is 2. The Morgan fingerprint density at radius 3 is 2.51 bits per heavy atom. The molecule has 0 aliphatic carbocycles. The summed E-state index contributed by atoms with van der Waals surface area (Å²) >= 11 is 0.